The van der Waals surface area contributed by atoms with Gasteiger partial charge in [0.1, 0.15) is 6.10 Å². The Morgan fingerprint density at radius 2 is 2.15 bits per heavy atom. The number of hydrogen-bond donors (Lipinski definition) is 1. The van der Waals surface area contributed by atoms with E-state index < -0.39 is 10.0 Å². The number of benzene rings is 1. The van der Waals surface area contributed by atoms with Gasteiger partial charge >= 0.3 is 0 Å². The molecule has 2 aromatic heterocycles. The molecule has 1 aliphatic rings. The Bertz CT molecular complexity index is 1040. The van der Waals surface area contributed by atoms with Gasteiger partial charge in [-0.3, -0.25) is 9.67 Å². The molecule has 1 N–H and O–H groups in total. The van der Waals surface area contributed by atoms with Crippen LogP contribution in [0.1, 0.15) is 30.6 Å². The van der Waals surface area contributed by atoms with Crippen LogP contribution in [0.25, 0.3) is 10.9 Å². The van der Waals surface area contributed by atoms with E-state index in [4.69, 9.17) is 4.74 Å². The molecule has 0 radical (unpaired) electrons. The number of nitrogens with zero attached hydrogens (tertiary/aromatic N) is 3. The van der Waals surface area contributed by atoms with E-state index in [2.05, 4.69) is 14.8 Å². The fourth-order valence-electron chi connectivity index (χ4n) is 3.50. The highest BCUT2D eigenvalue weighted by molar-refractivity contribution is 7.88. The maximum Gasteiger partial charge on any atom is 0.216 e. The lowest BCUT2D eigenvalue weighted by Gasteiger charge is -2.19. The van der Waals surface area contributed by atoms with Crippen LogP contribution in [0.2, 0.25) is 0 Å². The maximum absolute atomic E-state index is 12.8. The number of fused-ring (bicyclic) bond motifs is 1. The summed E-state index contributed by atoms with van der Waals surface area (Å²) in [5, 5.41) is 5.19. The van der Waals surface area contributed by atoms with E-state index in [0.717, 1.165) is 17.5 Å². The third kappa shape index (κ3) is 3.87. The van der Waals surface area contributed by atoms with Crippen molar-refractivity contribution in [1.82, 2.24) is 19.5 Å². The van der Waals surface area contributed by atoms with Crippen LogP contribution in [0.3, 0.4) is 0 Å². The fourth-order valence-corrected chi connectivity index (χ4v) is 4.93. The second-order valence-corrected chi connectivity index (χ2v) is 8.44. The molecule has 27 heavy (non-hydrogen) atoms. The summed E-state index contributed by atoms with van der Waals surface area (Å²) in [7, 11) is -3.55. The van der Waals surface area contributed by atoms with Crippen molar-refractivity contribution >= 4 is 20.9 Å². The predicted molar refractivity (Wildman–Crippen MR) is 103 cm³/mol. The monoisotopic (exact) mass is 386 g/mol. The standard InChI is InChI=1S/C19H22N4O3S/c1-2-23-12-16(11-21-23)19-17(8-10-26-19)22-27(24,25)13-15-6-3-5-14-7-4-9-20-18(14)15/h3-7,9,11-12,17,19,22H,2,8,10,13H2,1H3/t17-,19+/m0/s1. The summed E-state index contributed by atoms with van der Waals surface area (Å²) in [6.45, 7) is 3.28. The van der Waals surface area contributed by atoms with Crippen molar-refractivity contribution in [1.29, 1.82) is 0 Å². The fraction of sp³-hybridized carbons (Fsp3) is 0.368. The summed E-state index contributed by atoms with van der Waals surface area (Å²) in [6, 6.07) is 9.07. The number of aromatic nitrogens is 3. The highest BCUT2D eigenvalue weighted by Gasteiger charge is 2.33. The molecular weight excluding hydrogens is 364 g/mol. The lowest BCUT2D eigenvalue weighted by Crippen LogP contribution is -2.37. The minimum absolute atomic E-state index is 0.112. The zero-order valence-corrected chi connectivity index (χ0v) is 15.9. The third-order valence-electron chi connectivity index (χ3n) is 4.79. The molecule has 1 saturated heterocycles. The zero-order chi connectivity index (χ0) is 18.9. The van der Waals surface area contributed by atoms with E-state index in [1.165, 1.54) is 0 Å². The third-order valence-corrected chi connectivity index (χ3v) is 6.14. The van der Waals surface area contributed by atoms with E-state index in [1.807, 2.05) is 48.1 Å². The largest absolute Gasteiger partial charge is 0.372 e. The van der Waals surface area contributed by atoms with Gasteiger partial charge in [0.05, 0.1) is 23.5 Å². The number of sulfonamides is 1. The van der Waals surface area contributed by atoms with E-state index in [1.54, 1.807) is 12.4 Å². The first-order chi connectivity index (χ1) is 13.1. The number of nitrogens with one attached hydrogen (secondary N) is 1. The average molecular weight is 386 g/mol. The summed E-state index contributed by atoms with van der Waals surface area (Å²) in [6.07, 6.45) is 5.65. The van der Waals surface area contributed by atoms with Crippen molar-refractivity contribution in [3.8, 4) is 0 Å². The maximum atomic E-state index is 12.8. The second kappa shape index (κ2) is 7.38. The molecular formula is C19H22N4O3S. The van der Waals surface area contributed by atoms with Gasteiger partial charge in [-0.25, -0.2) is 13.1 Å². The minimum atomic E-state index is -3.55. The Labute approximate surface area is 158 Å². The molecule has 142 valence electrons. The van der Waals surface area contributed by atoms with Crippen LogP contribution < -0.4 is 4.72 Å². The Kier molecular flexibility index (Phi) is 4.94. The van der Waals surface area contributed by atoms with Gasteiger partial charge < -0.3 is 4.74 Å². The van der Waals surface area contributed by atoms with Crippen molar-refractivity contribution in [3.63, 3.8) is 0 Å². The van der Waals surface area contributed by atoms with E-state index in [9.17, 15) is 8.42 Å². The van der Waals surface area contributed by atoms with Gasteiger partial charge in [0.25, 0.3) is 0 Å². The molecule has 7 nitrogen and oxygen atoms in total. The Morgan fingerprint density at radius 3 is 2.96 bits per heavy atom. The van der Waals surface area contributed by atoms with Crippen LogP contribution in [-0.2, 0) is 27.1 Å². The first-order valence-corrected chi connectivity index (χ1v) is 10.7. The van der Waals surface area contributed by atoms with Crippen molar-refractivity contribution in [2.24, 2.45) is 0 Å². The normalized spacial score (nSPS) is 20.3. The van der Waals surface area contributed by atoms with Crippen LogP contribution in [0.15, 0.2) is 48.9 Å². The molecule has 0 aliphatic carbocycles. The number of hydrogen-bond acceptors (Lipinski definition) is 5. The first kappa shape index (κ1) is 18.1. The highest BCUT2D eigenvalue weighted by Crippen LogP contribution is 2.30. The van der Waals surface area contributed by atoms with Crippen LogP contribution >= 0.6 is 0 Å². The van der Waals surface area contributed by atoms with Gasteiger partial charge in [-0.2, -0.15) is 5.10 Å². The molecule has 3 heterocycles. The number of aryl methyl sites for hydroxylation is 1. The number of rotatable bonds is 6. The molecule has 1 aliphatic heterocycles. The number of pyridine rings is 1. The molecule has 3 aromatic rings. The van der Waals surface area contributed by atoms with Gasteiger partial charge in [-0.05, 0) is 25.0 Å². The number of para-hydroxylation sites is 1. The van der Waals surface area contributed by atoms with E-state index >= 15 is 0 Å². The van der Waals surface area contributed by atoms with Crippen LogP contribution in [-0.4, -0.2) is 35.8 Å². The molecule has 0 spiro atoms. The Balaban J connectivity index is 1.53. The quantitative estimate of drug-likeness (QED) is 0.703. The summed E-state index contributed by atoms with van der Waals surface area (Å²) in [5.74, 6) is -0.112. The summed E-state index contributed by atoms with van der Waals surface area (Å²) < 4.78 is 36.1. The second-order valence-electron chi connectivity index (χ2n) is 6.69. The van der Waals surface area contributed by atoms with Gasteiger partial charge in [0.2, 0.25) is 10.0 Å². The first-order valence-electron chi connectivity index (χ1n) is 9.02. The van der Waals surface area contributed by atoms with Crippen molar-refractivity contribution < 1.29 is 13.2 Å². The molecule has 0 saturated carbocycles. The van der Waals surface area contributed by atoms with Crippen LogP contribution in [0.5, 0.6) is 0 Å². The summed E-state index contributed by atoms with van der Waals surface area (Å²) in [4.78, 5) is 4.34. The average Bonchev–Trinajstić information content (AvgIpc) is 3.30. The van der Waals surface area contributed by atoms with Gasteiger partial charge in [-0.15, -0.1) is 0 Å². The van der Waals surface area contributed by atoms with E-state index in [-0.39, 0.29) is 17.9 Å². The molecule has 0 bridgehead atoms. The van der Waals surface area contributed by atoms with Gasteiger partial charge in [0.15, 0.2) is 0 Å². The zero-order valence-electron chi connectivity index (χ0n) is 15.1. The minimum Gasteiger partial charge on any atom is -0.372 e. The molecule has 8 heteroatoms. The van der Waals surface area contributed by atoms with Gasteiger partial charge in [0, 0.05) is 36.5 Å². The Hall–Kier alpha value is -2.29. The SMILES string of the molecule is CCn1cc([C@H]2OCC[C@@H]2NS(=O)(=O)Cc2cccc3cccnc23)cn1. The molecule has 1 aromatic carbocycles. The van der Waals surface area contributed by atoms with Crippen LogP contribution in [0, 0.1) is 0 Å². The smallest absolute Gasteiger partial charge is 0.216 e. The topological polar surface area (TPSA) is 86.1 Å². The van der Waals surface area contributed by atoms with Crippen molar-refractivity contribution in [3.05, 3.63) is 60.0 Å². The summed E-state index contributed by atoms with van der Waals surface area (Å²) in [5.41, 5.74) is 2.30. The lowest BCUT2D eigenvalue weighted by molar-refractivity contribution is 0.102. The number of ether oxygens (including phenoxy) is 1. The lowest BCUT2D eigenvalue weighted by atomic mass is 10.1. The van der Waals surface area contributed by atoms with Crippen molar-refractivity contribution in [2.45, 2.75) is 37.8 Å². The molecule has 0 unspecified atom stereocenters. The summed E-state index contributed by atoms with van der Waals surface area (Å²) >= 11 is 0. The predicted octanol–water partition coefficient (Wildman–Crippen LogP) is 2.40. The Morgan fingerprint density at radius 1 is 1.30 bits per heavy atom. The van der Waals surface area contributed by atoms with Crippen molar-refractivity contribution in [2.75, 3.05) is 6.61 Å². The molecule has 0 amide bonds. The van der Waals surface area contributed by atoms with E-state index in [0.29, 0.717) is 24.1 Å². The molecule has 2 atom stereocenters. The molecule has 4 rings (SSSR count). The molecule has 1 fully saturated rings. The highest BCUT2D eigenvalue weighted by atomic mass is 32.2. The van der Waals surface area contributed by atoms with Gasteiger partial charge in [-0.1, -0.05) is 24.3 Å². The van der Waals surface area contributed by atoms with Crippen LogP contribution in [0.4, 0.5) is 0 Å².